The van der Waals surface area contributed by atoms with Gasteiger partial charge in [-0.15, -0.1) is 0 Å². The summed E-state index contributed by atoms with van der Waals surface area (Å²) in [5, 5.41) is 3.91. The highest BCUT2D eigenvalue weighted by Gasteiger charge is 2.26. The third kappa shape index (κ3) is 3.96. The fraction of sp³-hybridized carbons (Fsp3) is 0.231. The zero-order chi connectivity index (χ0) is 21.9. The van der Waals surface area contributed by atoms with E-state index >= 15 is 0 Å². The number of nitrogens with one attached hydrogen (secondary N) is 1. The minimum Gasteiger partial charge on any atom is -0.464 e. The summed E-state index contributed by atoms with van der Waals surface area (Å²) >= 11 is 0. The molecule has 5 nitrogen and oxygen atoms in total. The molecule has 3 heterocycles. The van der Waals surface area contributed by atoms with Crippen molar-refractivity contribution in [2.24, 2.45) is 0 Å². The molecule has 0 saturated heterocycles. The van der Waals surface area contributed by atoms with E-state index in [0.717, 1.165) is 47.4 Å². The van der Waals surface area contributed by atoms with Crippen LogP contribution in [-0.4, -0.2) is 30.7 Å². The van der Waals surface area contributed by atoms with Crippen molar-refractivity contribution >= 4 is 28.4 Å². The maximum Gasteiger partial charge on any atom is 0.251 e. The Balaban J connectivity index is 1.38. The van der Waals surface area contributed by atoms with Crippen molar-refractivity contribution in [2.45, 2.75) is 19.3 Å². The van der Waals surface area contributed by atoms with E-state index < -0.39 is 6.67 Å². The lowest BCUT2D eigenvalue weighted by Gasteiger charge is -2.19. The number of furan rings is 1. The molecule has 4 aromatic rings. The number of alkyl halides is 1. The Labute approximate surface area is 185 Å². The van der Waals surface area contributed by atoms with Gasteiger partial charge in [0.1, 0.15) is 11.4 Å². The van der Waals surface area contributed by atoms with E-state index in [0.29, 0.717) is 18.5 Å². The molecule has 0 aliphatic carbocycles. The van der Waals surface area contributed by atoms with Crippen LogP contribution in [0.4, 0.5) is 15.9 Å². The maximum absolute atomic E-state index is 12.6. The van der Waals surface area contributed by atoms with Gasteiger partial charge in [0, 0.05) is 35.9 Å². The summed E-state index contributed by atoms with van der Waals surface area (Å²) in [6.07, 6.45) is 5.45. The van der Waals surface area contributed by atoms with E-state index in [2.05, 4.69) is 33.4 Å². The van der Waals surface area contributed by atoms with Crippen molar-refractivity contribution in [3.05, 3.63) is 89.3 Å². The second-order valence-electron chi connectivity index (χ2n) is 8.00. The fourth-order valence-corrected chi connectivity index (χ4v) is 4.33. The van der Waals surface area contributed by atoms with Gasteiger partial charge in [-0.3, -0.25) is 9.18 Å². The molecule has 6 heteroatoms. The van der Waals surface area contributed by atoms with Gasteiger partial charge >= 0.3 is 0 Å². The molecule has 1 amide bonds. The number of rotatable bonds is 7. The average Bonchev–Trinajstić information content (AvgIpc) is 3.46. The first-order chi connectivity index (χ1) is 15.7. The number of benzene rings is 2. The molecule has 2 aromatic carbocycles. The highest BCUT2D eigenvalue weighted by Crippen LogP contribution is 2.36. The molecule has 2 aromatic heterocycles. The van der Waals surface area contributed by atoms with Gasteiger partial charge in [0.05, 0.1) is 12.9 Å². The van der Waals surface area contributed by atoms with Gasteiger partial charge in [0.2, 0.25) is 0 Å². The van der Waals surface area contributed by atoms with E-state index in [9.17, 15) is 9.18 Å². The van der Waals surface area contributed by atoms with E-state index in [1.54, 1.807) is 6.26 Å². The lowest BCUT2D eigenvalue weighted by Crippen LogP contribution is -2.25. The predicted octanol–water partition coefficient (Wildman–Crippen LogP) is 5.20. The molecule has 1 aliphatic heterocycles. The summed E-state index contributed by atoms with van der Waals surface area (Å²) in [6, 6.07) is 18.1. The topological polar surface area (TPSA) is 58.4 Å². The lowest BCUT2D eigenvalue weighted by molar-refractivity contribution is 0.0952. The van der Waals surface area contributed by atoms with E-state index in [1.165, 1.54) is 11.1 Å². The van der Waals surface area contributed by atoms with Gasteiger partial charge in [-0.1, -0.05) is 12.1 Å². The van der Waals surface area contributed by atoms with E-state index in [1.807, 2.05) is 42.6 Å². The largest absolute Gasteiger partial charge is 0.464 e. The van der Waals surface area contributed by atoms with E-state index in [4.69, 9.17) is 4.42 Å². The van der Waals surface area contributed by atoms with Crippen molar-refractivity contribution in [3.63, 3.8) is 0 Å². The van der Waals surface area contributed by atoms with Crippen LogP contribution in [0, 0.1) is 0 Å². The van der Waals surface area contributed by atoms with Crippen molar-refractivity contribution in [3.8, 4) is 0 Å². The molecule has 0 atom stereocenters. The zero-order valence-corrected chi connectivity index (χ0v) is 17.7. The summed E-state index contributed by atoms with van der Waals surface area (Å²) in [6.45, 7) is 0.678. The number of pyridine rings is 1. The summed E-state index contributed by atoms with van der Waals surface area (Å²) in [5.74, 6) is 0.731. The number of anilines is 2. The zero-order valence-electron chi connectivity index (χ0n) is 17.7. The van der Waals surface area contributed by atoms with Crippen LogP contribution in [-0.2, 0) is 12.8 Å². The molecule has 1 aliphatic rings. The minimum atomic E-state index is -0.432. The molecule has 5 rings (SSSR count). The molecule has 162 valence electrons. The summed E-state index contributed by atoms with van der Waals surface area (Å²) in [7, 11) is 0. The smallest absolute Gasteiger partial charge is 0.251 e. The number of hydrogen-bond donors (Lipinski definition) is 1. The van der Waals surface area contributed by atoms with E-state index in [-0.39, 0.29) is 5.91 Å². The SMILES string of the molecule is O=C(NCCCF)c1cccc2c1CCN2c1cc(Cc2ccc3occc3c2)ccn1. The van der Waals surface area contributed by atoms with Gasteiger partial charge in [0.25, 0.3) is 5.91 Å². The van der Waals surface area contributed by atoms with Crippen LogP contribution >= 0.6 is 0 Å². The van der Waals surface area contributed by atoms with Crippen LogP contribution < -0.4 is 10.2 Å². The second-order valence-corrected chi connectivity index (χ2v) is 8.00. The molecule has 0 radical (unpaired) electrons. The Bertz CT molecular complexity index is 1270. The number of halogens is 1. The molecule has 0 fully saturated rings. The number of amides is 1. The van der Waals surface area contributed by atoms with Crippen LogP contribution in [0.1, 0.15) is 33.5 Å². The Hall–Kier alpha value is -3.67. The Morgan fingerprint density at radius 1 is 1.12 bits per heavy atom. The quantitative estimate of drug-likeness (QED) is 0.410. The van der Waals surface area contributed by atoms with Crippen molar-refractivity contribution < 1.29 is 13.6 Å². The first-order valence-corrected chi connectivity index (χ1v) is 10.9. The Morgan fingerprint density at radius 3 is 2.94 bits per heavy atom. The first-order valence-electron chi connectivity index (χ1n) is 10.9. The third-order valence-corrected chi connectivity index (χ3v) is 5.88. The molecule has 0 unspecified atom stereocenters. The number of aromatic nitrogens is 1. The molecular weight excluding hydrogens is 405 g/mol. The number of carbonyl (C=O) groups excluding carboxylic acids is 1. The van der Waals surface area contributed by atoms with Crippen molar-refractivity contribution in [1.29, 1.82) is 0 Å². The average molecular weight is 429 g/mol. The summed E-state index contributed by atoms with van der Waals surface area (Å²) in [4.78, 5) is 19.3. The van der Waals surface area contributed by atoms with Crippen molar-refractivity contribution in [1.82, 2.24) is 10.3 Å². The highest BCUT2D eigenvalue weighted by molar-refractivity contribution is 5.98. The fourth-order valence-electron chi connectivity index (χ4n) is 4.33. The molecule has 32 heavy (non-hydrogen) atoms. The minimum absolute atomic E-state index is 0.145. The standard InChI is InChI=1S/C26H24FN3O2/c27-10-2-11-29-26(31)22-3-1-4-23-21(22)8-13-30(23)25-17-19(7-12-28-25)15-18-5-6-24-20(16-18)9-14-32-24/h1,3-7,9,12,14,16-17H,2,8,10-11,13,15H2,(H,29,31). The number of carbonyl (C=O) groups is 1. The van der Waals surface area contributed by atoms with Crippen molar-refractivity contribution in [2.75, 3.05) is 24.7 Å². The monoisotopic (exact) mass is 429 g/mol. The van der Waals surface area contributed by atoms with Gasteiger partial charge in [-0.2, -0.15) is 0 Å². The summed E-state index contributed by atoms with van der Waals surface area (Å²) < 4.78 is 17.8. The molecular formula is C26H24FN3O2. The lowest BCUT2D eigenvalue weighted by atomic mass is 10.0. The Morgan fingerprint density at radius 2 is 2.03 bits per heavy atom. The number of fused-ring (bicyclic) bond motifs is 2. The number of nitrogens with zero attached hydrogens (tertiary/aromatic N) is 2. The van der Waals surface area contributed by atoms with Gasteiger partial charge < -0.3 is 14.6 Å². The molecule has 0 saturated carbocycles. The summed E-state index contributed by atoms with van der Waals surface area (Å²) in [5.41, 5.74) is 5.96. The maximum atomic E-state index is 12.6. The number of hydrogen-bond acceptors (Lipinski definition) is 4. The third-order valence-electron chi connectivity index (χ3n) is 5.88. The van der Waals surface area contributed by atoms with Crippen LogP contribution in [0.3, 0.4) is 0 Å². The normalized spacial score (nSPS) is 12.8. The van der Waals surface area contributed by atoms with Gasteiger partial charge in [-0.05, 0) is 78.4 Å². The van der Waals surface area contributed by atoms with Crippen LogP contribution in [0.2, 0.25) is 0 Å². The van der Waals surface area contributed by atoms with Gasteiger partial charge in [0.15, 0.2) is 0 Å². The second kappa shape index (κ2) is 8.83. The van der Waals surface area contributed by atoms with Crippen LogP contribution in [0.5, 0.6) is 0 Å². The predicted molar refractivity (Wildman–Crippen MR) is 123 cm³/mol. The molecule has 0 spiro atoms. The highest BCUT2D eigenvalue weighted by atomic mass is 19.1. The molecule has 1 N–H and O–H groups in total. The van der Waals surface area contributed by atoms with Gasteiger partial charge in [-0.25, -0.2) is 4.98 Å². The van der Waals surface area contributed by atoms with Crippen LogP contribution in [0.25, 0.3) is 11.0 Å². The first kappa shape index (κ1) is 20.2. The Kier molecular flexibility index (Phi) is 5.58. The van der Waals surface area contributed by atoms with Crippen LogP contribution in [0.15, 0.2) is 71.5 Å². The molecule has 0 bridgehead atoms.